The predicted molar refractivity (Wildman–Crippen MR) is 46.5 cm³/mol. The first-order valence-corrected chi connectivity index (χ1v) is 5.89. The van der Waals surface area contributed by atoms with Crippen LogP contribution in [0.25, 0.3) is 0 Å². The molecule has 0 aliphatic heterocycles. The van der Waals surface area contributed by atoms with Crippen molar-refractivity contribution in [3.63, 3.8) is 0 Å². The Morgan fingerprint density at radius 2 is 1.73 bits per heavy atom. The number of hydrogen-bond acceptors (Lipinski definition) is 2. The second-order valence-corrected chi connectivity index (χ2v) is 5.34. The lowest BCUT2D eigenvalue weighted by atomic mass is 10.3. The Kier molecular flexibility index (Phi) is 2.35. The van der Waals surface area contributed by atoms with E-state index in [4.69, 9.17) is 4.52 Å². The summed E-state index contributed by atoms with van der Waals surface area (Å²) in [5, 5.41) is 0. The molecule has 3 heteroatoms. The van der Waals surface area contributed by atoms with Crippen molar-refractivity contribution in [3.05, 3.63) is 30.3 Å². The van der Waals surface area contributed by atoms with E-state index >= 15 is 0 Å². The maximum Gasteiger partial charge on any atom is 0.242 e. The van der Waals surface area contributed by atoms with Crippen LogP contribution in [-0.2, 0) is 4.57 Å². The van der Waals surface area contributed by atoms with Crippen LogP contribution in [0.15, 0.2) is 30.3 Å². The van der Waals surface area contributed by atoms with Gasteiger partial charge in [-0.1, -0.05) is 18.2 Å². The highest BCUT2D eigenvalue weighted by Gasteiger charge is 2.06. The van der Waals surface area contributed by atoms with Crippen LogP contribution in [0.3, 0.4) is 0 Å². The third-order valence-corrected chi connectivity index (χ3v) is 1.72. The van der Waals surface area contributed by atoms with Gasteiger partial charge in [0, 0.05) is 13.3 Å². The van der Waals surface area contributed by atoms with Crippen molar-refractivity contribution in [3.8, 4) is 5.75 Å². The van der Waals surface area contributed by atoms with Crippen LogP contribution in [0, 0.1) is 0 Å². The number of hydrogen-bond donors (Lipinski definition) is 0. The first-order chi connectivity index (χ1) is 5.08. The molecule has 0 N–H and O–H groups in total. The third-order valence-electron chi connectivity index (χ3n) is 1.07. The molecule has 2 nitrogen and oxygen atoms in total. The zero-order chi connectivity index (χ0) is 8.32. The standard InChI is InChI=1S/C8H11O2P/c1-11(2,9)10-8-6-4-3-5-7-8/h3-7H,1-2H3. The topological polar surface area (TPSA) is 26.3 Å². The summed E-state index contributed by atoms with van der Waals surface area (Å²) in [6, 6.07) is 9.18. The summed E-state index contributed by atoms with van der Waals surface area (Å²) in [6.07, 6.45) is 0. The Labute approximate surface area is 66.7 Å². The Hall–Kier alpha value is -0.750. The highest BCUT2D eigenvalue weighted by atomic mass is 31.2. The maximum absolute atomic E-state index is 11.2. The Balaban J connectivity index is 2.74. The highest BCUT2D eigenvalue weighted by molar-refractivity contribution is 7.57. The molecule has 0 spiro atoms. The predicted octanol–water partition coefficient (Wildman–Crippen LogP) is 2.60. The molecular weight excluding hydrogens is 159 g/mol. The van der Waals surface area contributed by atoms with E-state index in [1.807, 2.05) is 18.2 Å². The van der Waals surface area contributed by atoms with Crippen LogP contribution >= 0.6 is 7.37 Å². The van der Waals surface area contributed by atoms with Crippen molar-refractivity contribution in [2.75, 3.05) is 13.3 Å². The minimum absolute atomic E-state index is 0.667. The Bertz CT molecular complexity index is 263. The Morgan fingerprint density at radius 1 is 1.18 bits per heavy atom. The molecule has 0 aliphatic carbocycles. The van der Waals surface area contributed by atoms with Gasteiger partial charge in [-0.05, 0) is 12.1 Å². The van der Waals surface area contributed by atoms with Gasteiger partial charge in [-0.25, -0.2) is 0 Å². The molecule has 60 valence electrons. The van der Waals surface area contributed by atoms with Crippen LogP contribution in [0.2, 0.25) is 0 Å². The summed E-state index contributed by atoms with van der Waals surface area (Å²) >= 11 is 0. The van der Waals surface area contributed by atoms with E-state index < -0.39 is 7.37 Å². The Morgan fingerprint density at radius 3 is 2.18 bits per heavy atom. The first-order valence-electron chi connectivity index (χ1n) is 3.37. The zero-order valence-electron chi connectivity index (χ0n) is 6.65. The van der Waals surface area contributed by atoms with E-state index in [2.05, 4.69) is 0 Å². The molecule has 0 atom stereocenters. The summed E-state index contributed by atoms with van der Waals surface area (Å²) in [5.74, 6) is 0.667. The summed E-state index contributed by atoms with van der Waals surface area (Å²) in [4.78, 5) is 0. The van der Waals surface area contributed by atoms with Crippen LogP contribution in [0.4, 0.5) is 0 Å². The van der Waals surface area contributed by atoms with Crippen molar-refractivity contribution in [2.24, 2.45) is 0 Å². The maximum atomic E-state index is 11.2. The molecule has 0 aromatic heterocycles. The van der Waals surface area contributed by atoms with E-state index in [0.29, 0.717) is 5.75 Å². The molecular formula is C8H11O2P. The molecule has 0 aliphatic rings. The molecule has 11 heavy (non-hydrogen) atoms. The van der Waals surface area contributed by atoms with Crippen molar-refractivity contribution >= 4 is 7.37 Å². The molecule has 0 amide bonds. The molecule has 0 saturated carbocycles. The quantitative estimate of drug-likeness (QED) is 0.637. The molecule has 0 unspecified atom stereocenters. The lowest BCUT2D eigenvalue weighted by Gasteiger charge is -2.08. The van der Waals surface area contributed by atoms with Gasteiger partial charge < -0.3 is 4.52 Å². The molecule has 1 rings (SSSR count). The van der Waals surface area contributed by atoms with E-state index in [1.165, 1.54) is 0 Å². The number of benzene rings is 1. The lowest BCUT2D eigenvalue weighted by Crippen LogP contribution is -1.87. The smallest absolute Gasteiger partial charge is 0.242 e. The number of rotatable bonds is 2. The molecule has 1 aromatic rings. The van der Waals surface area contributed by atoms with Gasteiger partial charge in [-0.3, -0.25) is 4.57 Å². The molecule has 0 saturated heterocycles. The monoisotopic (exact) mass is 170 g/mol. The minimum Gasteiger partial charge on any atom is -0.443 e. The van der Waals surface area contributed by atoms with Gasteiger partial charge in [0.1, 0.15) is 5.75 Å². The normalized spacial score (nSPS) is 11.1. The van der Waals surface area contributed by atoms with Crippen LogP contribution in [0.1, 0.15) is 0 Å². The first kappa shape index (κ1) is 8.35. The lowest BCUT2D eigenvalue weighted by molar-refractivity contribution is 0.494. The van der Waals surface area contributed by atoms with Crippen molar-refractivity contribution in [1.29, 1.82) is 0 Å². The van der Waals surface area contributed by atoms with Gasteiger partial charge in [0.2, 0.25) is 7.37 Å². The van der Waals surface area contributed by atoms with Crippen LogP contribution in [-0.4, -0.2) is 13.3 Å². The fourth-order valence-electron chi connectivity index (χ4n) is 0.735. The van der Waals surface area contributed by atoms with Crippen LogP contribution < -0.4 is 4.52 Å². The average Bonchev–Trinajstić information content (AvgIpc) is 1.85. The van der Waals surface area contributed by atoms with Gasteiger partial charge in [-0.15, -0.1) is 0 Å². The molecule has 0 fully saturated rings. The summed E-state index contributed by atoms with van der Waals surface area (Å²) in [6.45, 7) is 3.19. The largest absolute Gasteiger partial charge is 0.443 e. The van der Waals surface area contributed by atoms with Gasteiger partial charge in [0.15, 0.2) is 0 Å². The zero-order valence-corrected chi connectivity index (χ0v) is 7.54. The van der Waals surface area contributed by atoms with Gasteiger partial charge in [0.05, 0.1) is 0 Å². The molecule has 1 aromatic carbocycles. The summed E-state index contributed by atoms with van der Waals surface area (Å²) in [7, 11) is -2.39. The van der Waals surface area contributed by atoms with Gasteiger partial charge >= 0.3 is 0 Å². The summed E-state index contributed by atoms with van der Waals surface area (Å²) in [5.41, 5.74) is 0. The third kappa shape index (κ3) is 3.24. The van der Waals surface area contributed by atoms with E-state index in [9.17, 15) is 4.57 Å². The van der Waals surface area contributed by atoms with E-state index in [1.54, 1.807) is 25.5 Å². The molecule has 0 radical (unpaired) electrons. The fourth-order valence-corrected chi connectivity index (χ4v) is 1.36. The van der Waals surface area contributed by atoms with Crippen LogP contribution in [0.5, 0.6) is 5.75 Å². The van der Waals surface area contributed by atoms with Crippen molar-refractivity contribution in [2.45, 2.75) is 0 Å². The van der Waals surface area contributed by atoms with Crippen molar-refractivity contribution in [1.82, 2.24) is 0 Å². The van der Waals surface area contributed by atoms with E-state index in [-0.39, 0.29) is 0 Å². The highest BCUT2D eigenvalue weighted by Crippen LogP contribution is 2.38. The minimum atomic E-state index is -2.39. The molecule has 0 bridgehead atoms. The van der Waals surface area contributed by atoms with Gasteiger partial charge in [0.25, 0.3) is 0 Å². The number of para-hydroxylation sites is 1. The fraction of sp³-hybridized carbons (Fsp3) is 0.250. The molecule has 0 heterocycles. The SMILES string of the molecule is CP(C)(=O)Oc1ccccc1. The second kappa shape index (κ2) is 3.10. The average molecular weight is 170 g/mol. The van der Waals surface area contributed by atoms with E-state index in [0.717, 1.165) is 0 Å². The van der Waals surface area contributed by atoms with Crippen molar-refractivity contribution < 1.29 is 9.09 Å². The van der Waals surface area contributed by atoms with Gasteiger partial charge in [-0.2, -0.15) is 0 Å². The summed E-state index contributed by atoms with van der Waals surface area (Å²) < 4.78 is 16.3. The second-order valence-electron chi connectivity index (χ2n) is 2.66.